The summed E-state index contributed by atoms with van der Waals surface area (Å²) in [5, 5.41) is 13.4. The van der Waals surface area contributed by atoms with Gasteiger partial charge in [0.15, 0.2) is 0 Å². The lowest BCUT2D eigenvalue weighted by molar-refractivity contribution is 0.178. The molecule has 3 rings (SSSR count). The summed E-state index contributed by atoms with van der Waals surface area (Å²) < 4.78 is 1.15. The van der Waals surface area contributed by atoms with Crippen LogP contribution >= 0.6 is 15.9 Å². The van der Waals surface area contributed by atoms with Crippen molar-refractivity contribution in [1.29, 1.82) is 0 Å². The number of halogens is 1. The smallest absolute Gasteiger partial charge is 0.0917 e. The molecular formula is C12H14BrNO. The highest BCUT2D eigenvalue weighted by molar-refractivity contribution is 9.10. The van der Waals surface area contributed by atoms with Crippen LogP contribution < -0.4 is 5.32 Å². The number of hydrogen-bond acceptors (Lipinski definition) is 2. The first kappa shape index (κ1) is 9.82. The van der Waals surface area contributed by atoms with Crippen molar-refractivity contribution in [3.8, 4) is 0 Å². The van der Waals surface area contributed by atoms with E-state index in [2.05, 4.69) is 33.4 Å². The predicted octanol–water partition coefficient (Wildman–Crippen LogP) is 2.12. The summed E-state index contributed by atoms with van der Waals surface area (Å²) in [5.41, 5.74) is 2.74. The van der Waals surface area contributed by atoms with Crippen molar-refractivity contribution < 1.29 is 5.11 Å². The van der Waals surface area contributed by atoms with Crippen LogP contribution in [0.4, 0.5) is 0 Å². The average molecular weight is 268 g/mol. The maximum absolute atomic E-state index is 10.0. The highest BCUT2D eigenvalue weighted by Crippen LogP contribution is 2.53. The number of β-amino-alcohol motifs (C(OH)–C–C–N with tert-alkyl or cyclic N) is 1. The van der Waals surface area contributed by atoms with E-state index in [1.165, 1.54) is 18.4 Å². The van der Waals surface area contributed by atoms with Gasteiger partial charge in [-0.25, -0.2) is 0 Å². The molecule has 0 bridgehead atoms. The second kappa shape index (κ2) is 3.30. The van der Waals surface area contributed by atoms with E-state index >= 15 is 0 Å². The van der Waals surface area contributed by atoms with Crippen LogP contribution in [0, 0.1) is 0 Å². The summed E-state index contributed by atoms with van der Waals surface area (Å²) in [4.78, 5) is 0. The van der Waals surface area contributed by atoms with Gasteiger partial charge in [-0.3, -0.25) is 0 Å². The van der Waals surface area contributed by atoms with E-state index in [0.717, 1.165) is 16.6 Å². The summed E-state index contributed by atoms with van der Waals surface area (Å²) in [5.74, 6) is 0. The van der Waals surface area contributed by atoms with Gasteiger partial charge in [0.1, 0.15) is 0 Å². The molecule has 15 heavy (non-hydrogen) atoms. The largest absolute Gasteiger partial charge is 0.387 e. The fourth-order valence-corrected chi connectivity index (χ4v) is 3.40. The summed E-state index contributed by atoms with van der Waals surface area (Å²) in [6.45, 7) is 1.67. The Hall–Kier alpha value is -0.380. The van der Waals surface area contributed by atoms with Crippen LogP contribution in [0.5, 0.6) is 0 Å². The Morgan fingerprint density at radius 3 is 2.93 bits per heavy atom. The monoisotopic (exact) mass is 267 g/mol. The Balaban J connectivity index is 2.20. The molecule has 0 aromatic heterocycles. The molecule has 0 amide bonds. The Labute approximate surface area is 97.8 Å². The molecule has 3 heteroatoms. The average Bonchev–Trinajstić information content (AvgIpc) is 2.99. The van der Waals surface area contributed by atoms with Crippen LogP contribution in [-0.4, -0.2) is 18.2 Å². The zero-order chi connectivity index (χ0) is 10.5. The number of aliphatic hydroxyl groups excluding tert-OH is 1. The quantitative estimate of drug-likeness (QED) is 0.755. The molecule has 2 aliphatic rings. The summed E-state index contributed by atoms with van der Waals surface area (Å²) in [7, 11) is 0. The molecular weight excluding hydrogens is 254 g/mol. The molecule has 1 spiro atoms. The van der Waals surface area contributed by atoms with E-state index in [-0.39, 0.29) is 6.10 Å². The molecule has 2 nitrogen and oxygen atoms in total. The molecule has 1 unspecified atom stereocenters. The van der Waals surface area contributed by atoms with Gasteiger partial charge >= 0.3 is 0 Å². The second-order valence-electron chi connectivity index (χ2n) is 4.63. The van der Waals surface area contributed by atoms with Crippen LogP contribution in [0.1, 0.15) is 30.1 Å². The van der Waals surface area contributed by atoms with E-state index in [0.29, 0.717) is 12.0 Å². The van der Waals surface area contributed by atoms with Gasteiger partial charge in [-0.2, -0.15) is 0 Å². The van der Waals surface area contributed by atoms with Crippen LogP contribution in [0.3, 0.4) is 0 Å². The first-order valence-electron chi connectivity index (χ1n) is 5.41. The Kier molecular flexibility index (Phi) is 2.16. The van der Waals surface area contributed by atoms with Gasteiger partial charge in [0.05, 0.1) is 6.10 Å². The molecule has 80 valence electrons. The lowest BCUT2D eigenvalue weighted by Gasteiger charge is -2.18. The second-order valence-corrected chi connectivity index (χ2v) is 5.49. The van der Waals surface area contributed by atoms with E-state index in [9.17, 15) is 5.11 Å². The normalized spacial score (nSPS) is 27.2. The van der Waals surface area contributed by atoms with Gasteiger partial charge in [-0.15, -0.1) is 0 Å². The molecule has 1 atom stereocenters. The van der Waals surface area contributed by atoms with E-state index in [4.69, 9.17) is 0 Å². The van der Waals surface area contributed by atoms with Crippen LogP contribution in [0.2, 0.25) is 0 Å². The highest BCUT2D eigenvalue weighted by atomic mass is 79.9. The van der Waals surface area contributed by atoms with Crippen molar-refractivity contribution >= 4 is 15.9 Å². The third kappa shape index (κ3) is 1.45. The molecule has 1 aliphatic heterocycles. The third-order valence-electron chi connectivity index (χ3n) is 3.59. The predicted molar refractivity (Wildman–Crippen MR) is 62.9 cm³/mol. The molecule has 1 fully saturated rings. The fraction of sp³-hybridized carbons (Fsp3) is 0.500. The van der Waals surface area contributed by atoms with E-state index < -0.39 is 0 Å². The maximum atomic E-state index is 10.0. The molecule has 1 aromatic carbocycles. The van der Waals surface area contributed by atoms with Gasteiger partial charge < -0.3 is 10.4 Å². The number of benzene rings is 1. The standard InChI is InChI=1S/C12H14BrNO/c13-9-3-1-2-8-10(15)6-14-7-12(4-5-12)11(8)9/h1-3,10,14-15H,4-7H2. The molecule has 0 saturated heterocycles. The van der Waals surface area contributed by atoms with Gasteiger partial charge in [0.25, 0.3) is 0 Å². The number of nitrogens with one attached hydrogen (secondary N) is 1. The summed E-state index contributed by atoms with van der Waals surface area (Å²) in [6.07, 6.45) is 2.11. The van der Waals surface area contributed by atoms with E-state index in [1.54, 1.807) is 0 Å². The van der Waals surface area contributed by atoms with Crippen LogP contribution in [-0.2, 0) is 5.41 Å². The van der Waals surface area contributed by atoms with Gasteiger partial charge in [0.2, 0.25) is 0 Å². The Bertz CT molecular complexity index is 401. The molecule has 1 aliphatic carbocycles. The highest BCUT2D eigenvalue weighted by Gasteiger charge is 2.48. The third-order valence-corrected chi connectivity index (χ3v) is 4.25. The van der Waals surface area contributed by atoms with Crippen molar-refractivity contribution in [2.24, 2.45) is 0 Å². The van der Waals surface area contributed by atoms with Crippen molar-refractivity contribution in [3.05, 3.63) is 33.8 Å². The Morgan fingerprint density at radius 2 is 2.20 bits per heavy atom. The maximum Gasteiger partial charge on any atom is 0.0917 e. The van der Waals surface area contributed by atoms with Crippen molar-refractivity contribution in [3.63, 3.8) is 0 Å². The minimum Gasteiger partial charge on any atom is -0.387 e. The molecule has 1 aromatic rings. The number of hydrogen-bond donors (Lipinski definition) is 2. The first-order chi connectivity index (χ1) is 7.23. The van der Waals surface area contributed by atoms with Gasteiger partial charge in [-0.05, 0) is 30.0 Å². The van der Waals surface area contributed by atoms with Gasteiger partial charge in [-0.1, -0.05) is 28.1 Å². The zero-order valence-electron chi connectivity index (χ0n) is 8.46. The molecule has 0 radical (unpaired) electrons. The van der Waals surface area contributed by atoms with E-state index in [1.807, 2.05) is 6.07 Å². The summed E-state index contributed by atoms with van der Waals surface area (Å²) >= 11 is 3.62. The summed E-state index contributed by atoms with van der Waals surface area (Å²) in [6, 6.07) is 6.14. The van der Waals surface area contributed by atoms with Crippen molar-refractivity contribution in [2.45, 2.75) is 24.4 Å². The number of aliphatic hydroxyl groups is 1. The molecule has 1 heterocycles. The Morgan fingerprint density at radius 1 is 1.40 bits per heavy atom. The van der Waals surface area contributed by atoms with Crippen molar-refractivity contribution in [2.75, 3.05) is 13.1 Å². The topological polar surface area (TPSA) is 32.3 Å². The number of fused-ring (bicyclic) bond motifs is 2. The van der Waals surface area contributed by atoms with Crippen molar-refractivity contribution in [1.82, 2.24) is 5.32 Å². The molecule has 2 N–H and O–H groups in total. The van der Waals surface area contributed by atoms with Gasteiger partial charge in [0, 0.05) is 23.0 Å². The minimum atomic E-state index is -0.363. The first-order valence-corrected chi connectivity index (χ1v) is 6.20. The lowest BCUT2D eigenvalue weighted by Crippen LogP contribution is -2.26. The van der Waals surface area contributed by atoms with Crippen LogP contribution in [0.15, 0.2) is 22.7 Å². The fourth-order valence-electron chi connectivity index (χ4n) is 2.60. The van der Waals surface area contributed by atoms with Crippen LogP contribution in [0.25, 0.3) is 0 Å². The molecule has 1 saturated carbocycles. The minimum absolute atomic E-state index is 0.299. The number of rotatable bonds is 0. The zero-order valence-corrected chi connectivity index (χ0v) is 10.0. The lowest BCUT2D eigenvalue weighted by atomic mass is 9.90. The SMILES string of the molecule is OC1CNCC2(CC2)c2c(Br)cccc21.